The van der Waals surface area contributed by atoms with Crippen molar-refractivity contribution in [3.63, 3.8) is 0 Å². The van der Waals surface area contributed by atoms with Crippen LogP contribution in [0.5, 0.6) is 0 Å². The molecular formula is C19H28N4OS. The molecular weight excluding hydrogens is 332 g/mol. The van der Waals surface area contributed by atoms with Gasteiger partial charge in [0, 0.05) is 28.9 Å². The number of aromatic nitrogens is 2. The van der Waals surface area contributed by atoms with Crippen LogP contribution in [0.15, 0.2) is 29.4 Å². The van der Waals surface area contributed by atoms with Gasteiger partial charge in [0.2, 0.25) is 0 Å². The van der Waals surface area contributed by atoms with Crippen LogP contribution < -0.4 is 10.2 Å². The second kappa shape index (κ2) is 7.89. The van der Waals surface area contributed by atoms with Crippen LogP contribution in [0.25, 0.3) is 10.9 Å². The lowest BCUT2D eigenvalue weighted by Gasteiger charge is -2.42. The van der Waals surface area contributed by atoms with Crippen LogP contribution in [0.2, 0.25) is 0 Å². The Bertz CT molecular complexity index is 714. The molecule has 0 atom stereocenters. The maximum atomic E-state index is 9.94. The number of piperidine rings is 1. The van der Waals surface area contributed by atoms with E-state index in [0.717, 1.165) is 49.2 Å². The molecule has 1 aliphatic heterocycles. The van der Waals surface area contributed by atoms with Gasteiger partial charge in [-0.1, -0.05) is 13.8 Å². The van der Waals surface area contributed by atoms with Crippen molar-refractivity contribution in [1.82, 2.24) is 15.3 Å². The number of hydrogen-bond acceptors (Lipinski definition) is 6. The largest absolute Gasteiger partial charge is 0.394 e. The Morgan fingerprint density at radius 2 is 2.04 bits per heavy atom. The third-order valence-corrected chi connectivity index (χ3v) is 5.75. The Hall–Kier alpha value is -1.37. The molecule has 25 heavy (non-hydrogen) atoms. The van der Waals surface area contributed by atoms with Crippen molar-refractivity contribution >= 4 is 28.5 Å². The molecule has 5 nitrogen and oxygen atoms in total. The molecule has 2 N–H and O–H groups in total. The van der Waals surface area contributed by atoms with Crippen molar-refractivity contribution in [2.45, 2.75) is 37.1 Å². The molecule has 0 radical (unpaired) electrons. The molecule has 1 aromatic carbocycles. The predicted octanol–water partition coefficient (Wildman–Crippen LogP) is 2.93. The van der Waals surface area contributed by atoms with Crippen molar-refractivity contribution in [2.75, 3.05) is 37.4 Å². The van der Waals surface area contributed by atoms with Crippen LogP contribution in [0.3, 0.4) is 0 Å². The predicted molar refractivity (Wildman–Crippen MR) is 105 cm³/mol. The van der Waals surface area contributed by atoms with E-state index in [0.29, 0.717) is 5.92 Å². The number of thioether (sulfide) groups is 1. The van der Waals surface area contributed by atoms with Gasteiger partial charge >= 0.3 is 0 Å². The maximum absolute atomic E-state index is 9.94. The summed E-state index contributed by atoms with van der Waals surface area (Å²) < 4.78 is 0. The van der Waals surface area contributed by atoms with Gasteiger partial charge in [-0.25, -0.2) is 9.97 Å². The molecule has 6 heteroatoms. The van der Waals surface area contributed by atoms with E-state index in [2.05, 4.69) is 58.5 Å². The summed E-state index contributed by atoms with van der Waals surface area (Å²) >= 11 is 1.73. The molecule has 0 spiro atoms. The van der Waals surface area contributed by atoms with Crippen LogP contribution in [0, 0.1) is 5.92 Å². The summed E-state index contributed by atoms with van der Waals surface area (Å²) in [5, 5.41) is 14.7. The zero-order chi connectivity index (χ0) is 17.9. The zero-order valence-corrected chi connectivity index (χ0v) is 16.1. The van der Waals surface area contributed by atoms with Gasteiger partial charge in [-0.05, 0) is 49.8 Å². The van der Waals surface area contributed by atoms with Gasteiger partial charge in [0.05, 0.1) is 12.1 Å². The van der Waals surface area contributed by atoms with Crippen LogP contribution in [-0.2, 0) is 0 Å². The lowest BCUT2D eigenvalue weighted by molar-refractivity contribution is 0.130. The quantitative estimate of drug-likeness (QED) is 0.773. The van der Waals surface area contributed by atoms with E-state index in [1.807, 2.05) is 0 Å². The maximum Gasteiger partial charge on any atom is 0.139 e. The lowest BCUT2D eigenvalue weighted by Crippen LogP contribution is -2.56. The van der Waals surface area contributed by atoms with Crippen molar-refractivity contribution in [3.05, 3.63) is 24.5 Å². The van der Waals surface area contributed by atoms with Crippen molar-refractivity contribution in [2.24, 2.45) is 5.92 Å². The molecule has 1 aliphatic rings. The van der Waals surface area contributed by atoms with Crippen LogP contribution in [-0.4, -0.2) is 53.1 Å². The first kappa shape index (κ1) is 18.4. The third-order valence-electron chi connectivity index (χ3n) is 5.03. The van der Waals surface area contributed by atoms with Crippen LogP contribution >= 0.6 is 11.8 Å². The first-order valence-electron chi connectivity index (χ1n) is 8.96. The Labute approximate surface area is 154 Å². The number of rotatable bonds is 6. The van der Waals surface area contributed by atoms with Gasteiger partial charge in [0.1, 0.15) is 12.1 Å². The average Bonchev–Trinajstić information content (AvgIpc) is 2.66. The Kier molecular flexibility index (Phi) is 5.81. The summed E-state index contributed by atoms with van der Waals surface area (Å²) in [6.45, 7) is 7.30. The smallest absolute Gasteiger partial charge is 0.139 e. The Morgan fingerprint density at radius 3 is 2.68 bits per heavy atom. The summed E-state index contributed by atoms with van der Waals surface area (Å²) in [6, 6.07) is 6.35. The van der Waals surface area contributed by atoms with Gasteiger partial charge in [0.15, 0.2) is 0 Å². The average molecular weight is 361 g/mol. The Balaban J connectivity index is 1.79. The topological polar surface area (TPSA) is 61.3 Å². The van der Waals surface area contributed by atoms with E-state index < -0.39 is 0 Å². The molecule has 0 amide bonds. The van der Waals surface area contributed by atoms with E-state index in [1.165, 1.54) is 4.90 Å². The van der Waals surface area contributed by atoms with Crippen LogP contribution in [0.1, 0.15) is 26.7 Å². The molecule has 1 fully saturated rings. The monoisotopic (exact) mass is 360 g/mol. The van der Waals surface area contributed by atoms with Crippen molar-refractivity contribution in [1.29, 1.82) is 0 Å². The van der Waals surface area contributed by atoms with Gasteiger partial charge in [-0.2, -0.15) is 0 Å². The highest BCUT2D eigenvalue weighted by atomic mass is 32.2. The first-order chi connectivity index (χ1) is 12.1. The molecule has 3 rings (SSSR count). The molecule has 0 bridgehead atoms. The van der Waals surface area contributed by atoms with E-state index in [-0.39, 0.29) is 12.1 Å². The first-order valence-corrected chi connectivity index (χ1v) is 10.2. The number of aliphatic hydroxyl groups is 1. The SMILES string of the molecule is CSc1ccc2ncnc(N3CCC(CO)(NCC(C)C)CC3)c2c1. The summed E-state index contributed by atoms with van der Waals surface area (Å²) in [7, 11) is 0. The molecule has 2 aromatic rings. The standard InChI is InChI=1S/C19H28N4OS/c1-14(2)11-22-19(12-24)6-8-23(9-7-19)18-16-10-15(25-3)4-5-17(16)20-13-21-18/h4-5,10,13-14,22,24H,6-9,11-12H2,1-3H3. The highest BCUT2D eigenvalue weighted by molar-refractivity contribution is 7.98. The van der Waals surface area contributed by atoms with E-state index in [4.69, 9.17) is 0 Å². The highest BCUT2D eigenvalue weighted by Gasteiger charge is 2.34. The minimum absolute atomic E-state index is 0.159. The number of fused-ring (bicyclic) bond motifs is 1. The number of benzene rings is 1. The fourth-order valence-electron chi connectivity index (χ4n) is 3.36. The molecule has 0 unspecified atom stereocenters. The fourth-order valence-corrected chi connectivity index (χ4v) is 3.80. The molecule has 1 aromatic heterocycles. The third kappa shape index (κ3) is 4.07. The summed E-state index contributed by atoms with van der Waals surface area (Å²) in [5.41, 5.74) is 0.827. The van der Waals surface area contributed by atoms with Gasteiger partial charge in [-0.15, -0.1) is 11.8 Å². The summed E-state index contributed by atoms with van der Waals surface area (Å²) in [4.78, 5) is 12.5. The second-order valence-electron chi connectivity index (χ2n) is 7.28. The molecule has 2 heterocycles. The van der Waals surface area contributed by atoms with Crippen molar-refractivity contribution < 1.29 is 5.11 Å². The van der Waals surface area contributed by atoms with Gasteiger partial charge in [-0.3, -0.25) is 0 Å². The van der Waals surface area contributed by atoms with E-state index in [9.17, 15) is 5.11 Å². The second-order valence-corrected chi connectivity index (χ2v) is 8.16. The lowest BCUT2D eigenvalue weighted by atomic mass is 9.87. The normalized spacial score (nSPS) is 17.4. The summed E-state index contributed by atoms with van der Waals surface area (Å²) in [6.07, 6.45) is 5.58. The van der Waals surface area contributed by atoms with Gasteiger partial charge in [0.25, 0.3) is 0 Å². The molecule has 136 valence electrons. The number of anilines is 1. The van der Waals surface area contributed by atoms with Crippen molar-refractivity contribution in [3.8, 4) is 0 Å². The van der Waals surface area contributed by atoms with Gasteiger partial charge < -0.3 is 15.3 Å². The molecule has 1 saturated heterocycles. The van der Waals surface area contributed by atoms with E-state index in [1.54, 1.807) is 18.1 Å². The minimum atomic E-state index is -0.159. The van der Waals surface area contributed by atoms with E-state index >= 15 is 0 Å². The highest BCUT2D eigenvalue weighted by Crippen LogP contribution is 2.31. The minimum Gasteiger partial charge on any atom is -0.394 e. The molecule has 0 saturated carbocycles. The Morgan fingerprint density at radius 1 is 1.28 bits per heavy atom. The zero-order valence-electron chi connectivity index (χ0n) is 15.3. The number of hydrogen-bond donors (Lipinski definition) is 2. The number of nitrogens with zero attached hydrogens (tertiary/aromatic N) is 3. The van der Waals surface area contributed by atoms with Crippen LogP contribution in [0.4, 0.5) is 5.82 Å². The fraction of sp³-hybridized carbons (Fsp3) is 0.579. The number of nitrogens with one attached hydrogen (secondary N) is 1. The summed E-state index contributed by atoms with van der Waals surface area (Å²) in [5.74, 6) is 1.59. The number of aliphatic hydroxyl groups excluding tert-OH is 1. The molecule has 0 aliphatic carbocycles.